The zero-order chi connectivity index (χ0) is 28.2. The summed E-state index contributed by atoms with van der Waals surface area (Å²) in [5, 5.41) is 11.5. The predicted molar refractivity (Wildman–Crippen MR) is 150 cm³/mol. The quantitative estimate of drug-likeness (QED) is 0.217. The Morgan fingerprint density at radius 2 is 1.82 bits per heavy atom. The van der Waals surface area contributed by atoms with E-state index in [1.807, 2.05) is 50.2 Å². The second kappa shape index (κ2) is 11.8. The summed E-state index contributed by atoms with van der Waals surface area (Å²) < 4.78 is 23.0. The molecule has 1 amide bonds. The summed E-state index contributed by atoms with van der Waals surface area (Å²) in [5.41, 5.74) is 3.05. The van der Waals surface area contributed by atoms with Gasteiger partial charge in [-0.1, -0.05) is 36.4 Å². The second-order valence-electron chi connectivity index (χ2n) is 9.85. The Morgan fingerprint density at radius 3 is 2.58 bits per heavy atom. The van der Waals surface area contributed by atoms with Crippen molar-refractivity contribution in [2.45, 2.75) is 39.0 Å². The normalized spacial score (nSPS) is 19.4. The molecular weight excluding hydrogens is 510 g/mol. The third-order valence-electron chi connectivity index (χ3n) is 7.07. The number of hydrogen-bond acceptors (Lipinski definition) is 7. The molecule has 208 valence electrons. The van der Waals surface area contributed by atoms with E-state index in [4.69, 9.17) is 18.9 Å². The van der Waals surface area contributed by atoms with Gasteiger partial charge in [0, 0.05) is 25.6 Å². The van der Waals surface area contributed by atoms with Crippen molar-refractivity contribution in [2.24, 2.45) is 0 Å². The van der Waals surface area contributed by atoms with E-state index in [2.05, 4.69) is 0 Å². The molecule has 8 heteroatoms. The standard InChI is InChI=1S/C32H33NO7/c1-4-38-27-18-22(10-13-26(27)39-19-21-8-6-5-7-9-21)29-28(31(35)32(36)33(29)14-15-37-3)30(34)23-11-12-25-24(17-23)16-20(2)40-25/h5-13,17-18,20,29,34H,4,14-16,19H2,1-3H3/b30-28+/t20-,29-/m1/s1. The van der Waals surface area contributed by atoms with E-state index < -0.39 is 17.7 Å². The lowest BCUT2D eigenvalue weighted by molar-refractivity contribution is -0.140. The lowest BCUT2D eigenvalue weighted by Crippen LogP contribution is -2.32. The number of hydrogen-bond donors (Lipinski definition) is 1. The fourth-order valence-corrected chi connectivity index (χ4v) is 5.19. The van der Waals surface area contributed by atoms with E-state index in [-0.39, 0.29) is 30.6 Å². The number of nitrogens with zero attached hydrogens (tertiary/aromatic N) is 1. The second-order valence-corrected chi connectivity index (χ2v) is 9.85. The largest absolute Gasteiger partial charge is 0.507 e. The molecule has 8 nitrogen and oxygen atoms in total. The van der Waals surface area contributed by atoms with Gasteiger partial charge in [0.2, 0.25) is 0 Å². The van der Waals surface area contributed by atoms with Crippen LogP contribution in [-0.2, 0) is 27.4 Å². The van der Waals surface area contributed by atoms with E-state index in [9.17, 15) is 14.7 Å². The number of amides is 1. The van der Waals surface area contributed by atoms with Gasteiger partial charge in [0.25, 0.3) is 11.7 Å². The fraction of sp³-hybridized carbons (Fsp3) is 0.312. The molecule has 0 unspecified atom stereocenters. The average molecular weight is 544 g/mol. The van der Waals surface area contributed by atoms with Crippen molar-refractivity contribution < 1.29 is 33.6 Å². The average Bonchev–Trinajstić information content (AvgIpc) is 3.46. The number of ketones is 1. The highest BCUT2D eigenvalue weighted by Crippen LogP contribution is 2.43. The van der Waals surface area contributed by atoms with Crippen LogP contribution in [0.15, 0.2) is 72.3 Å². The van der Waals surface area contributed by atoms with Crippen molar-refractivity contribution in [3.8, 4) is 17.2 Å². The van der Waals surface area contributed by atoms with Crippen LogP contribution in [0.2, 0.25) is 0 Å². The fourth-order valence-electron chi connectivity index (χ4n) is 5.19. The van der Waals surface area contributed by atoms with Crippen LogP contribution in [0.3, 0.4) is 0 Å². The van der Waals surface area contributed by atoms with Crippen LogP contribution in [0.4, 0.5) is 0 Å². The van der Waals surface area contributed by atoms with Gasteiger partial charge in [0.05, 0.1) is 24.8 Å². The maximum absolute atomic E-state index is 13.4. The third kappa shape index (κ3) is 5.40. The number of carbonyl (C=O) groups excluding carboxylic acids is 2. The number of methoxy groups -OCH3 is 1. The van der Waals surface area contributed by atoms with E-state index in [0.29, 0.717) is 42.3 Å². The summed E-state index contributed by atoms with van der Waals surface area (Å²) in [6.45, 7) is 5.00. The van der Waals surface area contributed by atoms with Gasteiger partial charge in [-0.15, -0.1) is 0 Å². The van der Waals surface area contributed by atoms with Gasteiger partial charge in [0.15, 0.2) is 11.5 Å². The number of aliphatic hydroxyl groups excluding tert-OH is 1. The van der Waals surface area contributed by atoms with Gasteiger partial charge in [-0.05, 0) is 60.9 Å². The number of benzene rings is 3. The Labute approximate surface area is 233 Å². The van der Waals surface area contributed by atoms with Crippen LogP contribution in [0.25, 0.3) is 5.76 Å². The van der Waals surface area contributed by atoms with Crippen LogP contribution in [0, 0.1) is 0 Å². The number of fused-ring (bicyclic) bond motifs is 1. The molecule has 2 aliphatic heterocycles. The molecule has 3 aromatic rings. The van der Waals surface area contributed by atoms with Gasteiger partial charge >= 0.3 is 0 Å². The molecule has 0 aromatic heterocycles. The molecule has 0 radical (unpaired) electrons. The van der Waals surface area contributed by atoms with Crippen molar-refractivity contribution in [1.29, 1.82) is 0 Å². The Hall–Kier alpha value is -4.30. The van der Waals surface area contributed by atoms with Crippen LogP contribution >= 0.6 is 0 Å². The van der Waals surface area contributed by atoms with Crippen molar-refractivity contribution >= 4 is 17.4 Å². The van der Waals surface area contributed by atoms with Gasteiger partial charge in [-0.25, -0.2) is 0 Å². The van der Waals surface area contributed by atoms with Gasteiger partial charge in [-0.3, -0.25) is 9.59 Å². The predicted octanol–water partition coefficient (Wildman–Crippen LogP) is 5.06. The zero-order valence-electron chi connectivity index (χ0n) is 22.9. The van der Waals surface area contributed by atoms with Gasteiger partial charge in [0.1, 0.15) is 24.2 Å². The topological polar surface area (TPSA) is 94.5 Å². The smallest absolute Gasteiger partial charge is 0.295 e. The number of aliphatic hydroxyl groups is 1. The first-order valence-electron chi connectivity index (χ1n) is 13.4. The van der Waals surface area contributed by atoms with E-state index >= 15 is 0 Å². The molecule has 40 heavy (non-hydrogen) atoms. The highest BCUT2D eigenvalue weighted by Gasteiger charge is 2.46. The van der Waals surface area contributed by atoms with E-state index in [1.165, 1.54) is 12.0 Å². The number of ether oxygens (including phenoxy) is 4. The van der Waals surface area contributed by atoms with Gasteiger partial charge < -0.3 is 29.0 Å². The van der Waals surface area contributed by atoms with E-state index in [1.54, 1.807) is 30.3 Å². The minimum atomic E-state index is -0.832. The Kier molecular flexibility index (Phi) is 8.07. The Morgan fingerprint density at radius 1 is 1.02 bits per heavy atom. The van der Waals surface area contributed by atoms with Crippen molar-refractivity contribution in [2.75, 3.05) is 26.9 Å². The Bertz CT molecular complexity index is 1430. The molecule has 0 saturated carbocycles. The van der Waals surface area contributed by atoms with Crippen LogP contribution in [0.5, 0.6) is 17.2 Å². The maximum Gasteiger partial charge on any atom is 0.295 e. The number of rotatable bonds is 10. The van der Waals surface area contributed by atoms with E-state index in [0.717, 1.165) is 16.9 Å². The number of Topliss-reactive ketones (excluding diaryl/α,β-unsaturated/α-hetero) is 1. The molecule has 2 heterocycles. The molecule has 3 aromatic carbocycles. The molecule has 0 spiro atoms. The zero-order valence-corrected chi connectivity index (χ0v) is 22.9. The summed E-state index contributed by atoms with van der Waals surface area (Å²) in [7, 11) is 1.53. The molecule has 2 atom stereocenters. The molecule has 0 bridgehead atoms. The molecule has 2 aliphatic rings. The monoisotopic (exact) mass is 543 g/mol. The number of likely N-dealkylation sites (tertiary alicyclic amines) is 1. The highest BCUT2D eigenvalue weighted by molar-refractivity contribution is 6.46. The first-order valence-corrected chi connectivity index (χ1v) is 13.4. The minimum Gasteiger partial charge on any atom is -0.507 e. The van der Waals surface area contributed by atoms with Crippen LogP contribution in [-0.4, -0.2) is 54.7 Å². The SMILES string of the molecule is CCOc1cc([C@@H]2/C(=C(\O)c3ccc4c(c3)C[C@@H](C)O4)C(=O)C(=O)N2CCOC)ccc1OCc1ccccc1. The lowest BCUT2D eigenvalue weighted by atomic mass is 9.94. The van der Waals surface area contributed by atoms with Crippen molar-refractivity contribution in [3.05, 3.63) is 94.6 Å². The minimum absolute atomic E-state index is 0.0217. The first kappa shape index (κ1) is 27.3. The summed E-state index contributed by atoms with van der Waals surface area (Å²) in [6, 6.07) is 19.6. The Balaban J connectivity index is 1.55. The maximum atomic E-state index is 13.4. The first-order chi connectivity index (χ1) is 19.4. The van der Waals surface area contributed by atoms with Crippen molar-refractivity contribution in [3.63, 3.8) is 0 Å². The molecule has 5 rings (SSSR count). The molecule has 1 N–H and O–H groups in total. The molecule has 1 fully saturated rings. The summed E-state index contributed by atoms with van der Waals surface area (Å²) in [5.74, 6) is 0.115. The summed E-state index contributed by atoms with van der Waals surface area (Å²) >= 11 is 0. The van der Waals surface area contributed by atoms with Crippen LogP contribution < -0.4 is 14.2 Å². The third-order valence-corrected chi connectivity index (χ3v) is 7.07. The number of carbonyl (C=O) groups is 2. The molecule has 1 saturated heterocycles. The highest BCUT2D eigenvalue weighted by atomic mass is 16.5. The van der Waals surface area contributed by atoms with Crippen molar-refractivity contribution in [1.82, 2.24) is 4.90 Å². The summed E-state index contributed by atoms with van der Waals surface area (Å²) in [6.07, 6.45) is 0.733. The summed E-state index contributed by atoms with van der Waals surface area (Å²) in [4.78, 5) is 28.0. The molecular formula is C32H33NO7. The lowest BCUT2D eigenvalue weighted by Gasteiger charge is -2.26. The van der Waals surface area contributed by atoms with Crippen LogP contribution in [0.1, 0.15) is 42.1 Å². The molecule has 0 aliphatic carbocycles. The van der Waals surface area contributed by atoms with Gasteiger partial charge in [-0.2, -0.15) is 0 Å².